The lowest BCUT2D eigenvalue weighted by atomic mass is 10.3. The van der Waals surface area contributed by atoms with Gasteiger partial charge in [-0.3, -0.25) is 4.31 Å². The highest BCUT2D eigenvalue weighted by molar-refractivity contribution is 7.92. The van der Waals surface area contributed by atoms with Gasteiger partial charge in [-0.15, -0.1) is 0 Å². The van der Waals surface area contributed by atoms with Crippen molar-refractivity contribution >= 4 is 27.3 Å². The van der Waals surface area contributed by atoms with Gasteiger partial charge in [0.1, 0.15) is 5.82 Å². The summed E-state index contributed by atoms with van der Waals surface area (Å²) in [6.07, 6.45) is 0. The van der Waals surface area contributed by atoms with Gasteiger partial charge in [0, 0.05) is 12.1 Å². The number of benzene rings is 2. The van der Waals surface area contributed by atoms with Crippen LogP contribution in [0.25, 0.3) is 0 Å². The third kappa shape index (κ3) is 2.72. The van der Waals surface area contributed by atoms with Crippen molar-refractivity contribution in [2.45, 2.75) is 4.90 Å². The molecule has 0 bridgehead atoms. The summed E-state index contributed by atoms with van der Waals surface area (Å²) in [4.78, 5) is 0.0580. The van der Waals surface area contributed by atoms with E-state index in [1.807, 2.05) is 0 Å². The molecule has 2 aromatic rings. The Morgan fingerprint density at radius 2 is 1.63 bits per heavy atom. The maximum absolute atomic E-state index is 13.6. The van der Waals surface area contributed by atoms with Crippen LogP contribution >= 0.6 is 11.6 Å². The highest BCUT2D eigenvalue weighted by Gasteiger charge is 2.23. The quantitative estimate of drug-likeness (QED) is 0.872. The minimum atomic E-state index is -3.80. The maximum Gasteiger partial charge on any atom is 0.264 e. The van der Waals surface area contributed by atoms with Gasteiger partial charge in [-0.25, -0.2) is 12.8 Å². The average molecular weight is 300 g/mol. The van der Waals surface area contributed by atoms with E-state index >= 15 is 0 Å². The Morgan fingerprint density at radius 1 is 1.05 bits per heavy atom. The van der Waals surface area contributed by atoms with Crippen LogP contribution in [0.5, 0.6) is 0 Å². The predicted octanol–water partition coefficient (Wildman–Crippen LogP) is 3.30. The van der Waals surface area contributed by atoms with Crippen molar-refractivity contribution in [1.29, 1.82) is 0 Å². The molecule has 0 N–H and O–H groups in total. The largest absolute Gasteiger partial charge is 0.266 e. The first-order valence-electron chi connectivity index (χ1n) is 5.42. The van der Waals surface area contributed by atoms with E-state index in [0.29, 0.717) is 5.02 Å². The van der Waals surface area contributed by atoms with E-state index in [1.54, 1.807) is 6.07 Å². The number of anilines is 1. The van der Waals surface area contributed by atoms with Crippen LogP contribution < -0.4 is 4.31 Å². The van der Waals surface area contributed by atoms with Crippen LogP contribution in [0, 0.1) is 5.82 Å². The number of hydrogen-bond donors (Lipinski definition) is 0. The lowest BCUT2D eigenvalue weighted by Crippen LogP contribution is -2.27. The molecule has 0 spiro atoms. The molecule has 0 atom stereocenters. The van der Waals surface area contributed by atoms with Crippen molar-refractivity contribution in [1.82, 2.24) is 0 Å². The summed E-state index contributed by atoms with van der Waals surface area (Å²) in [5.41, 5.74) is -0.00236. The van der Waals surface area contributed by atoms with E-state index in [2.05, 4.69) is 0 Å². The molecule has 0 saturated heterocycles. The van der Waals surface area contributed by atoms with Crippen molar-refractivity contribution in [3.05, 3.63) is 59.4 Å². The van der Waals surface area contributed by atoms with Gasteiger partial charge < -0.3 is 0 Å². The second-order valence-electron chi connectivity index (χ2n) is 3.88. The number of rotatable bonds is 3. The van der Waals surface area contributed by atoms with Crippen molar-refractivity contribution in [3.63, 3.8) is 0 Å². The maximum atomic E-state index is 13.6. The van der Waals surface area contributed by atoms with Crippen molar-refractivity contribution in [2.24, 2.45) is 0 Å². The van der Waals surface area contributed by atoms with Crippen molar-refractivity contribution < 1.29 is 12.8 Å². The Hall–Kier alpha value is -1.59. The van der Waals surface area contributed by atoms with Gasteiger partial charge in [0.05, 0.1) is 10.6 Å². The molecule has 19 heavy (non-hydrogen) atoms. The summed E-state index contributed by atoms with van der Waals surface area (Å²) < 4.78 is 39.2. The Labute approximate surface area is 116 Å². The highest BCUT2D eigenvalue weighted by Crippen LogP contribution is 2.25. The zero-order chi connectivity index (χ0) is 14.0. The molecule has 3 nitrogen and oxygen atoms in total. The van der Waals surface area contributed by atoms with Gasteiger partial charge in [0.2, 0.25) is 0 Å². The van der Waals surface area contributed by atoms with Crippen LogP contribution in [0.2, 0.25) is 5.02 Å². The van der Waals surface area contributed by atoms with Gasteiger partial charge in [0.15, 0.2) is 0 Å². The smallest absolute Gasteiger partial charge is 0.264 e. The molecular weight excluding hydrogens is 289 g/mol. The summed E-state index contributed by atoms with van der Waals surface area (Å²) in [6, 6.07) is 11.4. The molecule has 0 unspecified atom stereocenters. The minimum absolute atomic E-state index is 0.00236. The fraction of sp³-hybridized carbons (Fsp3) is 0.0769. The lowest BCUT2D eigenvalue weighted by Gasteiger charge is -2.19. The second-order valence-corrected chi connectivity index (χ2v) is 6.28. The lowest BCUT2D eigenvalue weighted by molar-refractivity contribution is 0.589. The number of para-hydroxylation sites is 1. The Kier molecular flexibility index (Phi) is 3.78. The first-order chi connectivity index (χ1) is 8.93. The number of nitrogens with zero attached hydrogens (tertiary/aromatic N) is 1. The molecule has 6 heteroatoms. The van der Waals surface area contributed by atoms with Crippen LogP contribution in [0.1, 0.15) is 0 Å². The standard InChI is InChI=1S/C13H11ClFNO2S/c1-16(13-5-3-2-4-12(13)15)19(17,18)11-8-6-10(14)7-9-11/h2-9H,1H3. The molecule has 2 rings (SSSR count). The normalized spacial score (nSPS) is 11.3. The van der Waals surface area contributed by atoms with E-state index in [1.165, 1.54) is 49.5 Å². The Morgan fingerprint density at radius 3 is 2.21 bits per heavy atom. The predicted molar refractivity (Wildman–Crippen MR) is 73.4 cm³/mol. The minimum Gasteiger partial charge on any atom is -0.266 e. The van der Waals surface area contributed by atoms with E-state index < -0.39 is 15.8 Å². The highest BCUT2D eigenvalue weighted by atomic mass is 35.5. The Balaban J connectivity index is 2.45. The molecule has 0 amide bonds. The summed E-state index contributed by atoms with van der Waals surface area (Å²) in [5, 5.41) is 0.437. The van der Waals surface area contributed by atoms with E-state index in [0.717, 1.165) is 4.31 Å². The second kappa shape index (κ2) is 5.19. The zero-order valence-electron chi connectivity index (χ0n) is 10.0. The summed E-state index contributed by atoms with van der Waals surface area (Å²) in [6.45, 7) is 0. The average Bonchev–Trinajstić information content (AvgIpc) is 2.39. The third-order valence-corrected chi connectivity index (χ3v) is 4.70. The van der Waals surface area contributed by atoms with Crippen LogP contribution in [0.15, 0.2) is 53.4 Å². The van der Waals surface area contributed by atoms with Crippen LogP contribution in [0.4, 0.5) is 10.1 Å². The molecular formula is C13H11ClFNO2S. The number of halogens is 2. The Bertz CT molecular complexity index is 686. The topological polar surface area (TPSA) is 37.4 Å². The number of hydrogen-bond acceptors (Lipinski definition) is 2. The molecule has 0 saturated carbocycles. The molecule has 0 aromatic heterocycles. The monoisotopic (exact) mass is 299 g/mol. The molecule has 0 fully saturated rings. The van der Waals surface area contributed by atoms with E-state index in [9.17, 15) is 12.8 Å². The SMILES string of the molecule is CN(c1ccccc1F)S(=O)(=O)c1ccc(Cl)cc1. The third-order valence-electron chi connectivity index (χ3n) is 2.66. The van der Waals surface area contributed by atoms with Gasteiger partial charge in [-0.1, -0.05) is 23.7 Å². The molecule has 100 valence electrons. The fourth-order valence-corrected chi connectivity index (χ4v) is 2.93. The first kappa shape index (κ1) is 13.8. The zero-order valence-corrected chi connectivity index (χ0v) is 11.6. The van der Waals surface area contributed by atoms with Gasteiger partial charge >= 0.3 is 0 Å². The molecule has 2 aromatic carbocycles. The van der Waals surface area contributed by atoms with Gasteiger partial charge in [-0.2, -0.15) is 0 Å². The molecule has 0 radical (unpaired) electrons. The summed E-state index contributed by atoms with van der Waals surface area (Å²) in [7, 11) is -2.49. The van der Waals surface area contributed by atoms with Gasteiger partial charge in [-0.05, 0) is 36.4 Å². The summed E-state index contributed by atoms with van der Waals surface area (Å²) >= 11 is 5.72. The van der Waals surface area contributed by atoms with E-state index in [4.69, 9.17) is 11.6 Å². The summed E-state index contributed by atoms with van der Waals surface area (Å²) in [5.74, 6) is -0.595. The first-order valence-corrected chi connectivity index (χ1v) is 7.24. The molecule has 0 heterocycles. The fourth-order valence-electron chi connectivity index (χ4n) is 1.60. The van der Waals surface area contributed by atoms with E-state index in [-0.39, 0.29) is 10.6 Å². The van der Waals surface area contributed by atoms with Gasteiger partial charge in [0.25, 0.3) is 10.0 Å². The van der Waals surface area contributed by atoms with Crippen molar-refractivity contribution in [3.8, 4) is 0 Å². The number of sulfonamides is 1. The van der Waals surface area contributed by atoms with Crippen LogP contribution in [-0.4, -0.2) is 15.5 Å². The molecule has 0 aliphatic carbocycles. The van der Waals surface area contributed by atoms with Crippen LogP contribution in [0.3, 0.4) is 0 Å². The molecule has 0 aliphatic rings. The van der Waals surface area contributed by atoms with Crippen LogP contribution in [-0.2, 0) is 10.0 Å². The van der Waals surface area contributed by atoms with Crippen molar-refractivity contribution in [2.75, 3.05) is 11.4 Å². The molecule has 0 aliphatic heterocycles.